The summed E-state index contributed by atoms with van der Waals surface area (Å²) in [7, 11) is 3.15. The number of carbonyl (C=O) groups is 2. The van der Waals surface area contributed by atoms with Gasteiger partial charge in [0.2, 0.25) is 0 Å². The molecule has 33 heavy (non-hydrogen) atoms. The maximum atomic E-state index is 13.8. The van der Waals surface area contributed by atoms with E-state index in [9.17, 15) is 14.0 Å². The van der Waals surface area contributed by atoms with Crippen LogP contribution in [0.15, 0.2) is 72.4 Å². The zero-order valence-electron chi connectivity index (χ0n) is 18.6. The first-order valence-corrected chi connectivity index (χ1v) is 10.7. The van der Waals surface area contributed by atoms with Gasteiger partial charge in [-0.25, -0.2) is 9.29 Å². The Morgan fingerprint density at radius 2 is 1.45 bits per heavy atom. The fraction of sp³-hybridized carbons (Fsp3) is 0.231. The lowest BCUT2D eigenvalue weighted by atomic mass is 10.0. The van der Waals surface area contributed by atoms with E-state index in [4.69, 9.17) is 9.47 Å². The molecule has 0 N–H and O–H groups in total. The van der Waals surface area contributed by atoms with Crippen molar-refractivity contribution in [2.45, 2.75) is 0 Å². The van der Waals surface area contributed by atoms with Crippen molar-refractivity contribution in [1.82, 2.24) is 4.90 Å². The van der Waals surface area contributed by atoms with Crippen LogP contribution in [0.1, 0.15) is 5.56 Å². The summed E-state index contributed by atoms with van der Waals surface area (Å²) in [6.07, 6.45) is 0. The Hall–Kier alpha value is -3.55. The van der Waals surface area contributed by atoms with Crippen molar-refractivity contribution in [3.63, 3.8) is 0 Å². The predicted octanol–water partition coefficient (Wildman–Crippen LogP) is 3.86. The van der Waals surface area contributed by atoms with Crippen LogP contribution in [0.25, 0.3) is 16.3 Å². The molecule has 7 heteroatoms. The Morgan fingerprint density at radius 1 is 0.818 bits per heavy atom. The van der Waals surface area contributed by atoms with Crippen molar-refractivity contribution in [3.8, 4) is 0 Å². The minimum Gasteiger partial charge on any atom is -0.383 e. The second-order valence-electron chi connectivity index (χ2n) is 7.65. The van der Waals surface area contributed by atoms with Gasteiger partial charge in [0.1, 0.15) is 11.5 Å². The molecule has 0 unspecified atom stereocenters. The number of imide groups is 1. The number of rotatable bonds is 9. The van der Waals surface area contributed by atoms with Crippen molar-refractivity contribution in [2.24, 2.45) is 0 Å². The van der Waals surface area contributed by atoms with Crippen LogP contribution in [0.4, 0.5) is 10.1 Å². The SMILES string of the molecule is COCCN(CCOC)C1=C(c2ccc(F)cc2)C(=O)N(c2cccc3ccccc23)C1=O. The van der Waals surface area contributed by atoms with Crippen LogP contribution < -0.4 is 4.90 Å². The van der Waals surface area contributed by atoms with Crippen LogP contribution in [0, 0.1) is 5.82 Å². The summed E-state index contributed by atoms with van der Waals surface area (Å²) >= 11 is 0. The third-order valence-corrected chi connectivity index (χ3v) is 5.65. The summed E-state index contributed by atoms with van der Waals surface area (Å²) in [4.78, 5) is 30.6. The van der Waals surface area contributed by atoms with E-state index in [1.807, 2.05) is 36.4 Å². The van der Waals surface area contributed by atoms with E-state index in [1.54, 1.807) is 25.2 Å². The maximum Gasteiger partial charge on any atom is 0.282 e. The molecule has 6 nitrogen and oxygen atoms in total. The van der Waals surface area contributed by atoms with E-state index < -0.39 is 17.6 Å². The van der Waals surface area contributed by atoms with Gasteiger partial charge in [0.05, 0.1) is 24.5 Å². The van der Waals surface area contributed by atoms with Crippen LogP contribution in [0.3, 0.4) is 0 Å². The zero-order valence-corrected chi connectivity index (χ0v) is 18.6. The lowest BCUT2D eigenvalue weighted by Crippen LogP contribution is -2.37. The predicted molar refractivity (Wildman–Crippen MR) is 125 cm³/mol. The molecule has 3 aromatic carbocycles. The molecule has 2 amide bonds. The van der Waals surface area contributed by atoms with Gasteiger partial charge in [0.15, 0.2) is 0 Å². The van der Waals surface area contributed by atoms with Crippen molar-refractivity contribution in [1.29, 1.82) is 0 Å². The molecule has 0 aromatic heterocycles. The molecule has 0 saturated carbocycles. The quantitative estimate of drug-likeness (QED) is 0.466. The minimum absolute atomic E-state index is 0.236. The van der Waals surface area contributed by atoms with Crippen LogP contribution in [0.2, 0.25) is 0 Å². The summed E-state index contributed by atoms with van der Waals surface area (Å²) in [6, 6.07) is 18.7. The highest BCUT2D eigenvalue weighted by atomic mass is 19.1. The number of nitrogens with zero attached hydrogens (tertiary/aromatic N) is 2. The number of ether oxygens (including phenoxy) is 2. The highest BCUT2D eigenvalue weighted by Crippen LogP contribution is 2.37. The largest absolute Gasteiger partial charge is 0.383 e. The van der Waals surface area contributed by atoms with Gasteiger partial charge in [-0.1, -0.05) is 48.5 Å². The number of hydrogen-bond donors (Lipinski definition) is 0. The maximum absolute atomic E-state index is 13.8. The molecule has 1 heterocycles. The number of methoxy groups -OCH3 is 2. The van der Waals surface area contributed by atoms with Gasteiger partial charge in [-0.05, 0) is 29.1 Å². The van der Waals surface area contributed by atoms with Gasteiger partial charge >= 0.3 is 0 Å². The number of halogens is 1. The summed E-state index contributed by atoms with van der Waals surface area (Å²) < 4.78 is 24.1. The molecule has 0 fully saturated rings. The first-order chi connectivity index (χ1) is 16.1. The van der Waals surface area contributed by atoms with Crippen molar-refractivity contribution in [3.05, 3.63) is 83.8 Å². The topological polar surface area (TPSA) is 59.1 Å². The van der Waals surface area contributed by atoms with Crippen molar-refractivity contribution < 1.29 is 23.5 Å². The fourth-order valence-corrected chi connectivity index (χ4v) is 4.05. The Morgan fingerprint density at radius 3 is 2.12 bits per heavy atom. The molecule has 0 atom stereocenters. The van der Waals surface area contributed by atoms with E-state index in [0.717, 1.165) is 10.8 Å². The molecule has 0 radical (unpaired) electrons. The second kappa shape index (κ2) is 9.94. The molecule has 170 valence electrons. The van der Waals surface area contributed by atoms with E-state index in [-0.39, 0.29) is 11.3 Å². The number of hydrogen-bond acceptors (Lipinski definition) is 5. The summed E-state index contributed by atoms with van der Waals surface area (Å²) in [5.41, 5.74) is 1.48. The number of amides is 2. The Balaban J connectivity index is 1.87. The smallest absolute Gasteiger partial charge is 0.282 e. The highest BCUT2D eigenvalue weighted by Gasteiger charge is 2.42. The molecule has 0 bridgehead atoms. The molecule has 4 rings (SSSR count). The lowest BCUT2D eigenvalue weighted by Gasteiger charge is -2.26. The third-order valence-electron chi connectivity index (χ3n) is 5.65. The van der Waals surface area contributed by atoms with E-state index in [2.05, 4.69) is 0 Å². The molecule has 1 aliphatic heterocycles. The number of anilines is 1. The summed E-state index contributed by atoms with van der Waals surface area (Å²) in [6.45, 7) is 1.50. The summed E-state index contributed by atoms with van der Waals surface area (Å²) in [5, 5.41) is 1.71. The van der Waals surface area contributed by atoms with Crippen molar-refractivity contribution >= 4 is 33.8 Å². The first-order valence-electron chi connectivity index (χ1n) is 10.7. The molecule has 0 spiro atoms. The Kier molecular flexibility index (Phi) is 6.82. The van der Waals surface area contributed by atoms with Gasteiger partial charge in [0, 0.05) is 32.7 Å². The van der Waals surface area contributed by atoms with Gasteiger partial charge in [0.25, 0.3) is 11.8 Å². The van der Waals surface area contributed by atoms with E-state index in [1.165, 1.54) is 29.2 Å². The van der Waals surface area contributed by atoms with Crippen LogP contribution in [-0.2, 0) is 19.1 Å². The molecule has 0 saturated heterocycles. The van der Waals surface area contributed by atoms with Gasteiger partial charge in [-0.15, -0.1) is 0 Å². The number of carbonyl (C=O) groups excluding carboxylic acids is 2. The molecule has 0 aliphatic carbocycles. The second-order valence-corrected chi connectivity index (χ2v) is 7.65. The van der Waals surface area contributed by atoms with Crippen LogP contribution in [-0.4, -0.2) is 57.2 Å². The molecular formula is C26H25FN2O4. The zero-order chi connectivity index (χ0) is 23.4. The highest BCUT2D eigenvalue weighted by molar-refractivity contribution is 6.46. The Labute approximate surface area is 191 Å². The monoisotopic (exact) mass is 448 g/mol. The van der Waals surface area contributed by atoms with E-state index in [0.29, 0.717) is 37.6 Å². The lowest BCUT2D eigenvalue weighted by molar-refractivity contribution is -0.120. The summed E-state index contributed by atoms with van der Waals surface area (Å²) in [5.74, 6) is -1.29. The van der Waals surface area contributed by atoms with Crippen molar-refractivity contribution in [2.75, 3.05) is 45.4 Å². The Bertz CT molecular complexity index is 1190. The van der Waals surface area contributed by atoms with Crippen LogP contribution in [0.5, 0.6) is 0 Å². The number of fused-ring (bicyclic) bond motifs is 1. The fourth-order valence-electron chi connectivity index (χ4n) is 4.05. The average molecular weight is 448 g/mol. The molecule has 3 aromatic rings. The van der Waals surface area contributed by atoms with Gasteiger partial charge < -0.3 is 14.4 Å². The first kappa shape index (κ1) is 22.6. The molecule has 1 aliphatic rings. The van der Waals surface area contributed by atoms with E-state index >= 15 is 0 Å². The molecular weight excluding hydrogens is 423 g/mol. The standard InChI is InChI=1S/C26H25FN2O4/c1-32-16-14-28(15-17-33-2)24-23(19-10-12-20(27)13-11-19)25(30)29(26(24)31)22-9-5-7-18-6-3-4-8-21(18)22/h3-13H,14-17H2,1-2H3. The van der Waals surface area contributed by atoms with Gasteiger partial charge in [-0.2, -0.15) is 0 Å². The number of benzene rings is 3. The van der Waals surface area contributed by atoms with Crippen LogP contribution >= 0.6 is 0 Å². The third kappa shape index (κ3) is 4.37. The average Bonchev–Trinajstić information content (AvgIpc) is 3.09. The minimum atomic E-state index is -0.446. The normalized spacial score (nSPS) is 14.0. The van der Waals surface area contributed by atoms with Gasteiger partial charge in [-0.3, -0.25) is 9.59 Å².